The van der Waals surface area contributed by atoms with Crippen LogP contribution >= 0.6 is 0 Å². The first-order valence-corrected chi connectivity index (χ1v) is 6.74. The molecule has 2 aromatic rings. The van der Waals surface area contributed by atoms with Crippen LogP contribution in [0, 0.1) is 6.92 Å². The molecule has 0 spiro atoms. The second-order valence-corrected chi connectivity index (χ2v) is 5.08. The molecule has 0 saturated heterocycles. The van der Waals surface area contributed by atoms with E-state index in [2.05, 4.69) is 41.1 Å². The highest BCUT2D eigenvalue weighted by Gasteiger charge is 2.26. The van der Waals surface area contributed by atoms with Crippen LogP contribution in [0.1, 0.15) is 23.0 Å². The maximum absolute atomic E-state index is 12.3. The molecule has 1 atom stereocenters. The van der Waals surface area contributed by atoms with E-state index in [4.69, 9.17) is 0 Å². The zero-order chi connectivity index (χ0) is 13.2. The lowest BCUT2D eigenvalue weighted by atomic mass is 10.0. The van der Waals surface area contributed by atoms with Gasteiger partial charge in [0.15, 0.2) is 0 Å². The summed E-state index contributed by atoms with van der Waals surface area (Å²) in [5.74, 6) is 0.127. The van der Waals surface area contributed by atoms with Gasteiger partial charge in [-0.25, -0.2) is 0 Å². The molecular weight excluding hydrogens is 236 g/mol. The molecule has 1 aromatic heterocycles. The van der Waals surface area contributed by atoms with Gasteiger partial charge in [0.05, 0.1) is 0 Å². The van der Waals surface area contributed by atoms with Crippen molar-refractivity contribution >= 4 is 5.91 Å². The molecule has 3 nitrogen and oxygen atoms in total. The van der Waals surface area contributed by atoms with E-state index in [0.29, 0.717) is 0 Å². The van der Waals surface area contributed by atoms with E-state index in [0.717, 1.165) is 25.1 Å². The Kier molecular flexibility index (Phi) is 3.11. The van der Waals surface area contributed by atoms with Crippen LogP contribution in [0.4, 0.5) is 0 Å². The molecule has 0 bridgehead atoms. The van der Waals surface area contributed by atoms with Gasteiger partial charge in [-0.2, -0.15) is 0 Å². The van der Waals surface area contributed by atoms with Crippen molar-refractivity contribution in [1.29, 1.82) is 0 Å². The summed E-state index contributed by atoms with van der Waals surface area (Å²) in [7, 11) is 0. The lowest BCUT2D eigenvalue weighted by Crippen LogP contribution is -2.32. The number of rotatable bonds is 2. The van der Waals surface area contributed by atoms with Crippen molar-refractivity contribution in [2.45, 2.75) is 25.8 Å². The average Bonchev–Trinajstić information content (AvgIpc) is 2.70. The minimum absolute atomic E-state index is 0.127. The number of nitrogens with zero attached hydrogens (tertiary/aromatic N) is 1. The number of benzene rings is 1. The number of aromatic nitrogens is 1. The van der Waals surface area contributed by atoms with Crippen LogP contribution in [0.15, 0.2) is 42.5 Å². The summed E-state index contributed by atoms with van der Waals surface area (Å²) in [5.41, 5.74) is 3.60. The molecule has 0 aliphatic carbocycles. The number of hydrogen-bond acceptors (Lipinski definition) is 1. The van der Waals surface area contributed by atoms with E-state index in [1.807, 2.05) is 18.2 Å². The van der Waals surface area contributed by atoms with Crippen molar-refractivity contribution in [2.75, 3.05) is 6.54 Å². The molecule has 0 radical (unpaired) electrons. The van der Waals surface area contributed by atoms with Gasteiger partial charge in [-0.05, 0) is 24.6 Å². The maximum atomic E-state index is 12.3. The van der Waals surface area contributed by atoms with E-state index in [-0.39, 0.29) is 11.9 Å². The number of hydrogen-bond donors (Lipinski definition) is 1. The number of aryl methyl sites for hydroxylation is 1. The van der Waals surface area contributed by atoms with E-state index in [1.165, 1.54) is 11.3 Å². The predicted octanol–water partition coefficient (Wildman–Crippen LogP) is 2.25. The third kappa shape index (κ3) is 2.28. The van der Waals surface area contributed by atoms with Gasteiger partial charge in [0, 0.05) is 30.8 Å². The minimum atomic E-state index is -0.130. The van der Waals surface area contributed by atoms with Crippen molar-refractivity contribution in [2.24, 2.45) is 0 Å². The first-order chi connectivity index (χ1) is 9.25. The van der Waals surface area contributed by atoms with Gasteiger partial charge in [-0.3, -0.25) is 4.79 Å². The molecule has 3 heteroatoms. The molecule has 0 saturated carbocycles. The van der Waals surface area contributed by atoms with E-state index < -0.39 is 0 Å². The summed E-state index contributed by atoms with van der Waals surface area (Å²) < 4.78 is 2.19. The van der Waals surface area contributed by atoms with Crippen molar-refractivity contribution < 1.29 is 4.79 Å². The molecule has 1 aliphatic heterocycles. The Bertz CT molecular complexity index is 586. The molecule has 1 amide bonds. The fourth-order valence-corrected chi connectivity index (χ4v) is 2.82. The quantitative estimate of drug-likeness (QED) is 0.876. The van der Waals surface area contributed by atoms with Gasteiger partial charge in [0.25, 0.3) is 0 Å². The Morgan fingerprint density at radius 1 is 1.21 bits per heavy atom. The van der Waals surface area contributed by atoms with Crippen molar-refractivity contribution in [1.82, 2.24) is 9.88 Å². The predicted molar refractivity (Wildman–Crippen MR) is 75.1 cm³/mol. The number of carbonyl (C=O) groups excluding carboxylic acids is 1. The first kappa shape index (κ1) is 12.0. The third-order valence-electron chi connectivity index (χ3n) is 3.77. The largest absolute Gasteiger partial charge is 0.354 e. The molecule has 0 fully saturated rings. The van der Waals surface area contributed by atoms with Crippen LogP contribution in [0.5, 0.6) is 0 Å². The van der Waals surface area contributed by atoms with Crippen LogP contribution in [-0.2, 0) is 17.6 Å². The SMILES string of the molecule is Cc1ccc2n1C(Cc1ccccc1)C(=O)NCC2. The van der Waals surface area contributed by atoms with E-state index in [9.17, 15) is 4.79 Å². The summed E-state index contributed by atoms with van der Waals surface area (Å²) in [4.78, 5) is 12.3. The average molecular weight is 254 g/mol. The van der Waals surface area contributed by atoms with E-state index in [1.54, 1.807) is 0 Å². The normalized spacial score (nSPS) is 18.6. The van der Waals surface area contributed by atoms with Crippen LogP contribution in [0.3, 0.4) is 0 Å². The topological polar surface area (TPSA) is 34.0 Å². The van der Waals surface area contributed by atoms with Crippen molar-refractivity contribution in [3.8, 4) is 0 Å². The van der Waals surface area contributed by atoms with Gasteiger partial charge in [-0.15, -0.1) is 0 Å². The molecule has 1 N–H and O–H groups in total. The Morgan fingerprint density at radius 2 is 2.00 bits per heavy atom. The molecule has 1 unspecified atom stereocenters. The second-order valence-electron chi connectivity index (χ2n) is 5.08. The number of nitrogens with one attached hydrogen (secondary N) is 1. The van der Waals surface area contributed by atoms with Gasteiger partial charge in [-0.1, -0.05) is 30.3 Å². The Hall–Kier alpha value is -2.03. The first-order valence-electron chi connectivity index (χ1n) is 6.74. The monoisotopic (exact) mass is 254 g/mol. The summed E-state index contributed by atoms with van der Waals surface area (Å²) in [5, 5.41) is 3.02. The van der Waals surface area contributed by atoms with Crippen molar-refractivity contribution in [3.63, 3.8) is 0 Å². The highest BCUT2D eigenvalue weighted by Crippen LogP contribution is 2.23. The van der Waals surface area contributed by atoms with Crippen LogP contribution < -0.4 is 5.32 Å². The summed E-state index contributed by atoms with van der Waals surface area (Å²) in [6, 6.07) is 14.3. The lowest BCUT2D eigenvalue weighted by molar-refractivity contribution is -0.124. The van der Waals surface area contributed by atoms with E-state index >= 15 is 0 Å². The van der Waals surface area contributed by atoms with Gasteiger partial charge < -0.3 is 9.88 Å². The molecule has 19 heavy (non-hydrogen) atoms. The fraction of sp³-hybridized carbons (Fsp3) is 0.312. The highest BCUT2D eigenvalue weighted by molar-refractivity contribution is 5.81. The molecule has 1 aliphatic rings. The second kappa shape index (κ2) is 4.92. The standard InChI is InChI=1S/C16H18N2O/c1-12-7-8-14-9-10-17-16(19)15(18(12)14)11-13-5-3-2-4-6-13/h2-8,15H,9-11H2,1H3,(H,17,19). The number of fused-ring (bicyclic) bond motifs is 1. The summed E-state index contributed by atoms with van der Waals surface area (Å²) in [6.45, 7) is 2.80. The van der Waals surface area contributed by atoms with Crippen LogP contribution in [0.2, 0.25) is 0 Å². The molecule has 3 rings (SSSR count). The Morgan fingerprint density at radius 3 is 2.79 bits per heavy atom. The molecule has 98 valence electrons. The number of amides is 1. The van der Waals surface area contributed by atoms with Crippen molar-refractivity contribution in [3.05, 3.63) is 59.4 Å². The Balaban J connectivity index is 1.98. The smallest absolute Gasteiger partial charge is 0.243 e. The molecule has 2 heterocycles. The highest BCUT2D eigenvalue weighted by atomic mass is 16.2. The van der Waals surface area contributed by atoms with Gasteiger partial charge in [0.2, 0.25) is 5.91 Å². The number of carbonyl (C=O) groups is 1. The summed E-state index contributed by atoms with van der Waals surface area (Å²) in [6.07, 6.45) is 1.65. The van der Waals surface area contributed by atoms with Gasteiger partial charge in [0.1, 0.15) is 6.04 Å². The molecular formula is C16H18N2O. The van der Waals surface area contributed by atoms with Crippen LogP contribution in [0.25, 0.3) is 0 Å². The third-order valence-corrected chi connectivity index (χ3v) is 3.77. The zero-order valence-electron chi connectivity index (χ0n) is 11.1. The maximum Gasteiger partial charge on any atom is 0.243 e. The van der Waals surface area contributed by atoms with Crippen LogP contribution in [-0.4, -0.2) is 17.0 Å². The van der Waals surface area contributed by atoms with Gasteiger partial charge >= 0.3 is 0 Å². The molecule has 1 aromatic carbocycles. The Labute approximate surface area is 113 Å². The zero-order valence-corrected chi connectivity index (χ0v) is 11.1. The lowest BCUT2D eigenvalue weighted by Gasteiger charge is -2.20. The fourth-order valence-electron chi connectivity index (χ4n) is 2.82. The minimum Gasteiger partial charge on any atom is -0.354 e. The summed E-state index contributed by atoms with van der Waals surface area (Å²) >= 11 is 0.